The lowest BCUT2D eigenvalue weighted by Gasteiger charge is -2.32. The number of aromatic nitrogens is 4. The van der Waals surface area contributed by atoms with Crippen LogP contribution in [0.3, 0.4) is 0 Å². The Balaban J connectivity index is 1.35. The first-order chi connectivity index (χ1) is 14.3. The van der Waals surface area contributed by atoms with Gasteiger partial charge in [-0.1, -0.05) is 12.1 Å². The molecule has 0 amide bonds. The number of Topliss-reactive ketones (excluding diaryl/α,β-unsaturated/α-hetero) is 1. The van der Waals surface area contributed by atoms with E-state index in [2.05, 4.69) is 25.2 Å². The van der Waals surface area contributed by atoms with Crippen molar-refractivity contribution in [3.05, 3.63) is 53.9 Å². The molecule has 4 aromatic rings. The van der Waals surface area contributed by atoms with Gasteiger partial charge in [0.15, 0.2) is 16.1 Å². The lowest BCUT2D eigenvalue weighted by Crippen LogP contribution is -2.36. The molecule has 1 aliphatic carbocycles. The van der Waals surface area contributed by atoms with Gasteiger partial charge < -0.3 is 9.40 Å². The predicted octanol–water partition coefficient (Wildman–Crippen LogP) is 4.62. The number of carbonyl (C=O) groups is 1. The Morgan fingerprint density at radius 3 is 2.97 bits per heavy atom. The van der Waals surface area contributed by atoms with E-state index < -0.39 is 0 Å². The molecule has 0 bridgehead atoms. The molecule has 0 saturated heterocycles. The minimum Gasteiger partial charge on any atom is -0.454 e. The second-order valence-electron chi connectivity index (χ2n) is 7.37. The molecule has 2 atom stereocenters. The fourth-order valence-corrected chi connectivity index (χ4v) is 5.09. The molecule has 0 radical (unpaired) electrons. The highest BCUT2D eigenvalue weighted by Gasteiger charge is 2.42. The Hall–Kier alpha value is -3.13. The maximum absolute atomic E-state index is 12.8. The molecule has 3 aromatic heterocycles. The molecule has 2 aliphatic rings. The molecule has 7 nitrogen and oxygen atoms in total. The monoisotopic (exact) mass is 403 g/mol. The highest BCUT2D eigenvalue weighted by molar-refractivity contribution is 7.99. The second kappa shape index (κ2) is 6.45. The fourth-order valence-electron chi connectivity index (χ4n) is 4.32. The average Bonchev–Trinajstić information content (AvgIpc) is 3.45. The van der Waals surface area contributed by atoms with Crippen LogP contribution in [0.15, 0.2) is 62.3 Å². The molecule has 1 unspecified atom stereocenters. The van der Waals surface area contributed by atoms with Crippen LogP contribution < -0.4 is 0 Å². The summed E-state index contributed by atoms with van der Waals surface area (Å²) in [5.74, 6) is 1.28. The van der Waals surface area contributed by atoms with Crippen molar-refractivity contribution in [2.45, 2.75) is 35.4 Å². The summed E-state index contributed by atoms with van der Waals surface area (Å²) in [7, 11) is 0. The Morgan fingerprint density at radius 2 is 2.03 bits per heavy atom. The fraction of sp³-hybridized carbons (Fsp3) is 0.238. The number of carbonyl (C=O) groups excluding carboxylic acids is 1. The number of hydrogen-bond acceptors (Lipinski definition) is 6. The normalized spacial score (nSPS) is 21.1. The quantitative estimate of drug-likeness (QED) is 0.520. The highest BCUT2D eigenvalue weighted by atomic mass is 32.2. The third kappa shape index (κ3) is 2.74. The number of fused-ring (bicyclic) bond motifs is 3. The van der Waals surface area contributed by atoms with Crippen molar-refractivity contribution in [1.29, 1.82) is 0 Å². The van der Waals surface area contributed by atoms with Gasteiger partial charge in [0.25, 0.3) is 0 Å². The number of benzene rings is 1. The average molecular weight is 403 g/mol. The van der Waals surface area contributed by atoms with Gasteiger partial charge in [-0.2, -0.15) is 5.10 Å². The van der Waals surface area contributed by atoms with Crippen molar-refractivity contribution in [1.82, 2.24) is 20.2 Å². The molecule has 1 aliphatic heterocycles. The molecule has 29 heavy (non-hydrogen) atoms. The van der Waals surface area contributed by atoms with Crippen molar-refractivity contribution >= 4 is 40.1 Å². The van der Waals surface area contributed by atoms with Crippen LogP contribution in [0.2, 0.25) is 0 Å². The molecule has 8 heteroatoms. The number of rotatable bonds is 3. The van der Waals surface area contributed by atoms with Crippen LogP contribution in [0.25, 0.3) is 11.0 Å². The van der Waals surface area contributed by atoms with Gasteiger partial charge in [-0.3, -0.25) is 9.89 Å². The van der Waals surface area contributed by atoms with Crippen LogP contribution in [-0.2, 0) is 4.79 Å². The molecular formula is C21H17N5O2S. The van der Waals surface area contributed by atoms with E-state index in [9.17, 15) is 4.79 Å². The first-order valence-electron chi connectivity index (χ1n) is 9.62. The van der Waals surface area contributed by atoms with Gasteiger partial charge in [0.2, 0.25) is 0 Å². The third-order valence-corrected chi connectivity index (χ3v) is 6.41. The number of furan rings is 1. The van der Waals surface area contributed by atoms with Crippen LogP contribution in [-0.4, -0.2) is 31.7 Å². The minimum absolute atomic E-state index is 0.186. The zero-order valence-corrected chi connectivity index (χ0v) is 16.2. The van der Waals surface area contributed by atoms with Crippen molar-refractivity contribution in [3.63, 3.8) is 0 Å². The zero-order chi connectivity index (χ0) is 19.4. The van der Waals surface area contributed by atoms with Gasteiger partial charge in [0.1, 0.15) is 11.5 Å². The smallest absolute Gasteiger partial charge is 0.174 e. The van der Waals surface area contributed by atoms with Crippen molar-refractivity contribution < 1.29 is 9.21 Å². The van der Waals surface area contributed by atoms with E-state index in [0.29, 0.717) is 6.42 Å². The van der Waals surface area contributed by atoms with Gasteiger partial charge in [-0.15, -0.1) is 0 Å². The number of hydrogen-bond donors (Lipinski definition) is 2. The van der Waals surface area contributed by atoms with Crippen molar-refractivity contribution in [2.24, 2.45) is 10.9 Å². The summed E-state index contributed by atoms with van der Waals surface area (Å²) in [5, 5.41) is 8.62. The zero-order valence-electron chi connectivity index (χ0n) is 15.4. The van der Waals surface area contributed by atoms with E-state index in [0.717, 1.165) is 57.0 Å². The number of ketones is 1. The van der Waals surface area contributed by atoms with E-state index in [1.165, 1.54) is 11.8 Å². The first kappa shape index (κ1) is 16.8. The van der Waals surface area contributed by atoms with Crippen molar-refractivity contribution in [3.8, 4) is 0 Å². The molecule has 1 saturated carbocycles. The molecule has 1 fully saturated rings. The maximum Gasteiger partial charge on any atom is 0.174 e. The van der Waals surface area contributed by atoms with E-state index in [1.54, 1.807) is 6.20 Å². The van der Waals surface area contributed by atoms with Crippen LogP contribution in [0.5, 0.6) is 0 Å². The van der Waals surface area contributed by atoms with E-state index in [-0.39, 0.29) is 17.6 Å². The number of H-pyrrole nitrogens is 2. The Bertz CT molecular complexity index is 1230. The summed E-state index contributed by atoms with van der Waals surface area (Å²) in [6, 6.07) is 11.8. The number of aliphatic imine (C=N–C) groups is 1. The van der Waals surface area contributed by atoms with Gasteiger partial charge in [-0.05, 0) is 48.9 Å². The summed E-state index contributed by atoms with van der Waals surface area (Å²) in [6.45, 7) is 0. The number of imidazole rings is 1. The Labute approximate surface area is 170 Å². The van der Waals surface area contributed by atoms with Crippen LogP contribution in [0.1, 0.15) is 36.5 Å². The lowest BCUT2D eigenvalue weighted by atomic mass is 9.72. The maximum atomic E-state index is 12.8. The summed E-state index contributed by atoms with van der Waals surface area (Å²) in [4.78, 5) is 25.3. The lowest BCUT2D eigenvalue weighted by molar-refractivity contribution is -0.122. The molecule has 4 heterocycles. The first-order valence-corrected chi connectivity index (χ1v) is 10.4. The summed E-state index contributed by atoms with van der Waals surface area (Å²) < 4.78 is 6.20. The van der Waals surface area contributed by atoms with E-state index >= 15 is 0 Å². The topological polar surface area (TPSA) is 99.9 Å². The standard InChI is InChI=1S/C21H17N5O2S/c27-15-7-3-6-14-19(15)18(11-10-22-26-20(11)23-14)16-8-9-17(28-16)29-21-24-12-4-1-2-5-13(12)25-21/h1-2,4-5,8-10,18-19H,3,6-7H2,(H,22,26)(H,24,25)/t18-,19?/m0/s1. The molecule has 2 N–H and O–H groups in total. The highest BCUT2D eigenvalue weighted by Crippen LogP contribution is 2.45. The molecule has 1 aromatic carbocycles. The number of nitrogens with one attached hydrogen (secondary N) is 2. The van der Waals surface area contributed by atoms with E-state index in [1.807, 2.05) is 36.4 Å². The van der Waals surface area contributed by atoms with Gasteiger partial charge in [0, 0.05) is 17.7 Å². The Morgan fingerprint density at radius 1 is 1.10 bits per heavy atom. The Kier molecular flexibility index (Phi) is 3.73. The van der Waals surface area contributed by atoms with Crippen LogP contribution in [0.4, 0.5) is 5.82 Å². The van der Waals surface area contributed by atoms with Gasteiger partial charge in [0.05, 0.1) is 29.1 Å². The van der Waals surface area contributed by atoms with E-state index in [4.69, 9.17) is 4.42 Å². The summed E-state index contributed by atoms with van der Waals surface area (Å²) in [6.07, 6.45) is 4.05. The SMILES string of the molecule is O=C1CCCC2=Nc3[nH]ncc3[C@@H](c3ccc(Sc4nc5ccccc5[nH]4)o3)C12. The van der Waals surface area contributed by atoms with Crippen LogP contribution >= 0.6 is 11.8 Å². The number of para-hydroxylation sites is 2. The molecule has 144 valence electrons. The minimum atomic E-state index is -0.260. The van der Waals surface area contributed by atoms with Crippen LogP contribution in [0, 0.1) is 5.92 Å². The number of nitrogens with zero attached hydrogens (tertiary/aromatic N) is 3. The number of aromatic amines is 2. The molecule has 0 spiro atoms. The van der Waals surface area contributed by atoms with Crippen molar-refractivity contribution in [2.75, 3.05) is 0 Å². The van der Waals surface area contributed by atoms with Gasteiger partial charge in [-0.25, -0.2) is 9.98 Å². The summed E-state index contributed by atoms with van der Waals surface area (Å²) >= 11 is 1.44. The second-order valence-corrected chi connectivity index (χ2v) is 8.36. The van der Waals surface area contributed by atoms with Gasteiger partial charge >= 0.3 is 0 Å². The molecule has 6 rings (SSSR count). The summed E-state index contributed by atoms with van der Waals surface area (Å²) in [5.41, 5.74) is 3.77. The third-order valence-electron chi connectivity index (χ3n) is 5.61. The largest absolute Gasteiger partial charge is 0.454 e. The predicted molar refractivity (Wildman–Crippen MR) is 109 cm³/mol. The molecular weight excluding hydrogens is 386 g/mol.